The molecule has 0 spiro atoms. The zero-order chi connectivity index (χ0) is 24.8. The van der Waals surface area contributed by atoms with E-state index in [1.165, 1.54) is 0 Å². The number of ether oxygens (including phenoxy) is 2. The van der Waals surface area contributed by atoms with E-state index in [1.807, 2.05) is 92.2 Å². The monoisotopic (exact) mass is 489 g/mol. The van der Waals surface area contributed by atoms with E-state index in [9.17, 15) is 4.79 Å². The molecule has 1 heterocycles. The number of hydrogen-bond acceptors (Lipinski definition) is 4. The predicted molar refractivity (Wildman–Crippen MR) is 139 cm³/mol. The molecular formula is C28H28ClN3O3. The van der Waals surface area contributed by atoms with Crippen molar-refractivity contribution in [3.8, 4) is 11.5 Å². The summed E-state index contributed by atoms with van der Waals surface area (Å²) in [5, 5.41) is 8.32. The van der Waals surface area contributed by atoms with Crippen LogP contribution in [0.25, 0.3) is 0 Å². The number of rotatable bonds is 9. The lowest BCUT2D eigenvalue weighted by Gasteiger charge is -2.10. The lowest BCUT2D eigenvalue weighted by molar-refractivity contribution is 0.102. The normalized spacial score (nSPS) is 10.7. The molecule has 180 valence electrons. The van der Waals surface area contributed by atoms with Crippen molar-refractivity contribution in [3.63, 3.8) is 0 Å². The summed E-state index contributed by atoms with van der Waals surface area (Å²) in [6.07, 6.45) is 0. The molecule has 1 aromatic heterocycles. The number of nitrogens with zero attached hydrogens (tertiary/aromatic N) is 2. The molecule has 0 radical (unpaired) electrons. The Hall–Kier alpha value is -3.77. The number of amides is 1. The van der Waals surface area contributed by atoms with E-state index in [-0.39, 0.29) is 5.91 Å². The smallest absolute Gasteiger partial charge is 0.255 e. The van der Waals surface area contributed by atoms with Gasteiger partial charge in [-0.1, -0.05) is 35.9 Å². The van der Waals surface area contributed by atoms with Gasteiger partial charge in [-0.2, -0.15) is 5.10 Å². The first kappa shape index (κ1) is 24.4. The zero-order valence-electron chi connectivity index (χ0n) is 20.0. The number of halogens is 1. The summed E-state index contributed by atoms with van der Waals surface area (Å²) in [5.41, 5.74) is 4.85. The van der Waals surface area contributed by atoms with Crippen molar-refractivity contribution in [2.24, 2.45) is 0 Å². The van der Waals surface area contributed by atoms with Crippen LogP contribution in [-0.4, -0.2) is 22.3 Å². The molecule has 0 atom stereocenters. The minimum absolute atomic E-state index is 0.193. The van der Waals surface area contributed by atoms with Gasteiger partial charge < -0.3 is 14.8 Å². The van der Waals surface area contributed by atoms with E-state index in [0.29, 0.717) is 36.0 Å². The average molecular weight is 490 g/mol. The Kier molecular flexibility index (Phi) is 7.73. The lowest BCUT2D eigenvalue weighted by Crippen LogP contribution is -2.14. The number of anilines is 1. The molecule has 7 heteroatoms. The number of nitrogens with one attached hydrogen (secondary N) is 1. The molecule has 3 aromatic carbocycles. The standard InChI is InChI=1S/C28H28ClN3O3/c1-4-34-25-11-13-26(14-12-25)35-18-22-8-5-9-23(15-22)28(33)30-27-19(2)31-32(20(27)3)17-21-7-6-10-24(29)16-21/h5-16H,4,17-18H2,1-3H3,(H,30,33). The topological polar surface area (TPSA) is 65.4 Å². The molecule has 35 heavy (non-hydrogen) atoms. The Morgan fingerprint density at radius 2 is 1.63 bits per heavy atom. The fourth-order valence-electron chi connectivity index (χ4n) is 3.79. The fourth-order valence-corrected chi connectivity index (χ4v) is 4.01. The van der Waals surface area contributed by atoms with Crippen molar-refractivity contribution in [1.29, 1.82) is 0 Å². The van der Waals surface area contributed by atoms with Gasteiger partial charge in [0.2, 0.25) is 0 Å². The quantitative estimate of drug-likeness (QED) is 0.294. The molecule has 4 aromatic rings. The van der Waals surface area contributed by atoms with E-state index >= 15 is 0 Å². The third kappa shape index (κ3) is 6.22. The summed E-state index contributed by atoms with van der Waals surface area (Å²) < 4.78 is 13.2. The van der Waals surface area contributed by atoms with Crippen LogP contribution in [0.2, 0.25) is 5.02 Å². The number of carbonyl (C=O) groups excluding carboxylic acids is 1. The SMILES string of the molecule is CCOc1ccc(OCc2cccc(C(=O)Nc3c(C)nn(Cc4cccc(Cl)c4)c3C)c2)cc1. The highest BCUT2D eigenvalue weighted by Gasteiger charge is 2.16. The van der Waals surface area contributed by atoms with Gasteiger partial charge in [-0.25, -0.2) is 0 Å². The highest BCUT2D eigenvalue weighted by Crippen LogP contribution is 2.23. The molecule has 0 saturated heterocycles. The van der Waals surface area contributed by atoms with Crippen LogP contribution in [0.15, 0.2) is 72.8 Å². The van der Waals surface area contributed by atoms with Crippen molar-refractivity contribution in [1.82, 2.24) is 9.78 Å². The lowest BCUT2D eigenvalue weighted by atomic mass is 10.1. The summed E-state index contributed by atoms with van der Waals surface area (Å²) in [6.45, 7) is 7.33. The first-order valence-corrected chi connectivity index (χ1v) is 11.8. The zero-order valence-corrected chi connectivity index (χ0v) is 20.8. The molecule has 4 rings (SSSR count). The second-order valence-corrected chi connectivity index (χ2v) is 8.62. The molecule has 0 saturated carbocycles. The van der Waals surface area contributed by atoms with Crippen LogP contribution in [0.5, 0.6) is 11.5 Å². The maximum absolute atomic E-state index is 13.0. The molecule has 0 unspecified atom stereocenters. The van der Waals surface area contributed by atoms with Gasteiger partial charge in [-0.05, 0) is 80.4 Å². The molecule has 0 aliphatic carbocycles. The van der Waals surface area contributed by atoms with Gasteiger partial charge >= 0.3 is 0 Å². The van der Waals surface area contributed by atoms with Crippen molar-refractivity contribution < 1.29 is 14.3 Å². The van der Waals surface area contributed by atoms with Gasteiger partial charge in [0, 0.05) is 10.6 Å². The molecule has 0 bridgehead atoms. The van der Waals surface area contributed by atoms with Crippen LogP contribution in [0.1, 0.15) is 39.8 Å². The number of benzene rings is 3. The van der Waals surface area contributed by atoms with E-state index in [2.05, 4.69) is 10.4 Å². The highest BCUT2D eigenvalue weighted by molar-refractivity contribution is 6.30. The van der Waals surface area contributed by atoms with Gasteiger partial charge in [0.1, 0.15) is 18.1 Å². The minimum Gasteiger partial charge on any atom is -0.494 e. The fraction of sp³-hybridized carbons (Fsp3) is 0.214. The van der Waals surface area contributed by atoms with Crippen LogP contribution < -0.4 is 14.8 Å². The maximum Gasteiger partial charge on any atom is 0.255 e. The molecule has 0 aliphatic heterocycles. The highest BCUT2D eigenvalue weighted by atomic mass is 35.5. The van der Waals surface area contributed by atoms with Crippen molar-refractivity contribution in [2.45, 2.75) is 33.9 Å². The minimum atomic E-state index is -0.193. The van der Waals surface area contributed by atoms with Gasteiger partial charge in [-0.3, -0.25) is 9.48 Å². The molecule has 6 nitrogen and oxygen atoms in total. The number of hydrogen-bond donors (Lipinski definition) is 1. The second-order valence-electron chi connectivity index (χ2n) is 8.18. The summed E-state index contributed by atoms with van der Waals surface area (Å²) in [7, 11) is 0. The summed E-state index contributed by atoms with van der Waals surface area (Å²) in [6, 6.07) is 22.6. The van der Waals surface area contributed by atoms with Crippen LogP contribution in [0, 0.1) is 13.8 Å². The van der Waals surface area contributed by atoms with Gasteiger partial charge in [-0.15, -0.1) is 0 Å². The van der Waals surface area contributed by atoms with Crippen molar-refractivity contribution in [2.75, 3.05) is 11.9 Å². The Morgan fingerprint density at radius 1 is 0.943 bits per heavy atom. The summed E-state index contributed by atoms with van der Waals surface area (Å²) in [5.74, 6) is 1.35. The number of aryl methyl sites for hydroxylation is 1. The van der Waals surface area contributed by atoms with Gasteiger partial charge in [0.05, 0.1) is 30.2 Å². The number of aromatic nitrogens is 2. The molecule has 1 N–H and O–H groups in total. The third-order valence-electron chi connectivity index (χ3n) is 5.57. The first-order chi connectivity index (χ1) is 16.9. The van der Waals surface area contributed by atoms with Crippen LogP contribution >= 0.6 is 11.6 Å². The molecule has 1 amide bonds. The Labute approximate surface area is 210 Å². The van der Waals surface area contributed by atoms with Crippen LogP contribution in [0.4, 0.5) is 5.69 Å². The Morgan fingerprint density at radius 3 is 2.34 bits per heavy atom. The first-order valence-electron chi connectivity index (χ1n) is 11.5. The second kappa shape index (κ2) is 11.1. The maximum atomic E-state index is 13.0. The van der Waals surface area contributed by atoms with Crippen LogP contribution in [-0.2, 0) is 13.2 Å². The number of carbonyl (C=O) groups is 1. The summed E-state index contributed by atoms with van der Waals surface area (Å²) in [4.78, 5) is 13.0. The van der Waals surface area contributed by atoms with Gasteiger partial charge in [0.25, 0.3) is 5.91 Å². The van der Waals surface area contributed by atoms with Gasteiger partial charge in [0.15, 0.2) is 0 Å². The predicted octanol–water partition coefficient (Wildman–Crippen LogP) is 6.43. The van der Waals surface area contributed by atoms with E-state index in [4.69, 9.17) is 21.1 Å². The van der Waals surface area contributed by atoms with E-state index in [0.717, 1.165) is 34.0 Å². The Balaban J connectivity index is 1.42. The molecular weight excluding hydrogens is 462 g/mol. The van der Waals surface area contributed by atoms with Crippen molar-refractivity contribution in [3.05, 3.63) is 106 Å². The molecule has 0 aliphatic rings. The van der Waals surface area contributed by atoms with Crippen molar-refractivity contribution >= 4 is 23.2 Å². The Bertz CT molecular complexity index is 1320. The third-order valence-corrected chi connectivity index (χ3v) is 5.81. The molecule has 0 fully saturated rings. The summed E-state index contributed by atoms with van der Waals surface area (Å²) >= 11 is 6.11. The van der Waals surface area contributed by atoms with E-state index in [1.54, 1.807) is 6.07 Å². The van der Waals surface area contributed by atoms with E-state index < -0.39 is 0 Å². The van der Waals surface area contributed by atoms with Crippen LogP contribution in [0.3, 0.4) is 0 Å². The largest absolute Gasteiger partial charge is 0.494 e. The average Bonchev–Trinajstić information content (AvgIpc) is 3.11.